The van der Waals surface area contributed by atoms with Crippen LogP contribution in [-0.2, 0) is 5.75 Å². The van der Waals surface area contributed by atoms with Crippen LogP contribution >= 0.6 is 10.9 Å². The van der Waals surface area contributed by atoms with Gasteiger partial charge in [-0.3, -0.25) is 4.79 Å². The van der Waals surface area contributed by atoms with E-state index in [1.54, 1.807) is 0 Å². The molecule has 2 heteroatoms. The number of aryl methyl sites for hydroxylation is 1. The molecule has 1 nitrogen and oxygen atoms in total. The van der Waals surface area contributed by atoms with Crippen molar-refractivity contribution in [1.82, 2.24) is 0 Å². The van der Waals surface area contributed by atoms with Crippen LogP contribution < -0.4 is 0 Å². The summed E-state index contributed by atoms with van der Waals surface area (Å²) in [7, 11) is -0.147. The molecule has 0 aromatic heterocycles. The lowest BCUT2D eigenvalue weighted by Gasteiger charge is -2.32. The van der Waals surface area contributed by atoms with Gasteiger partial charge in [0, 0.05) is 16.6 Å². The first-order chi connectivity index (χ1) is 7.13. The highest BCUT2D eigenvalue weighted by Gasteiger charge is 2.28. The number of thiol groups is 1. The Hall–Kier alpha value is -0.760. The lowest BCUT2D eigenvalue weighted by Crippen LogP contribution is -2.25. The molecular weight excluding hydrogens is 204 g/mol. The monoisotopic (exact) mass is 221 g/mol. The van der Waals surface area contributed by atoms with Gasteiger partial charge in [-0.15, -0.1) is 0 Å². The number of rotatable bonds is 1. The van der Waals surface area contributed by atoms with Crippen molar-refractivity contribution in [3.05, 3.63) is 34.9 Å². The van der Waals surface area contributed by atoms with Crippen LogP contribution in [0.15, 0.2) is 12.1 Å². The zero-order valence-corrected chi connectivity index (χ0v) is 10.4. The van der Waals surface area contributed by atoms with Crippen LogP contribution in [0.1, 0.15) is 35.3 Å². The number of carbonyl (C=O) groups excluding carboxylic acids is 1. The fourth-order valence-electron chi connectivity index (χ4n) is 2.10. The van der Waals surface area contributed by atoms with Gasteiger partial charge in [0.15, 0.2) is 5.78 Å². The summed E-state index contributed by atoms with van der Waals surface area (Å²) in [6, 6.07) is 7.28. The molecular formula is C13H17OS. The van der Waals surface area contributed by atoms with Crippen LogP contribution in [0.2, 0.25) is 0 Å². The molecule has 1 aromatic carbocycles. The largest absolute Gasteiger partial charge is 0.293 e. The first kappa shape index (κ1) is 10.7. The Kier molecular flexibility index (Phi) is 2.87. The van der Waals surface area contributed by atoms with Crippen LogP contribution in [0.4, 0.5) is 0 Å². The van der Waals surface area contributed by atoms with E-state index in [1.807, 2.05) is 19.1 Å². The lowest BCUT2D eigenvalue weighted by molar-refractivity contribution is 0.0991. The van der Waals surface area contributed by atoms with Crippen molar-refractivity contribution in [1.29, 1.82) is 0 Å². The summed E-state index contributed by atoms with van der Waals surface area (Å²) in [6.07, 6.45) is 0. The smallest absolute Gasteiger partial charge is 0.174 e. The van der Waals surface area contributed by atoms with Crippen LogP contribution in [0.25, 0.3) is 0 Å². The van der Waals surface area contributed by atoms with Crippen LogP contribution in [0, 0.1) is 13.0 Å². The summed E-state index contributed by atoms with van der Waals surface area (Å²) in [5, 5.41) is 0.243. The molecule has 0 saturated heterocycles. The topological polar surface area (TPSA) is 17.1 Å². The molecule has 0 saturated carbocycles. The second-order valence-corrected chi connectivity index (χ2v) is 7.07. The zero-order chi connectivity index (χ0) is 11.0. The molecule has 15 heavy (non-hydrogen) atoms. The average molecular weight is 221 g/mol. The van der Waals surface area contributed by atoms with Gasteiger partial charge in [0.25, 0.3) is 0 Å². The zero-order valence-electron chi connectivity index (χ0n) is 9.50. The first-order valence-electron chi connectivity index (χ1n) is 5.43. The number of hydrogen-bond acceptors (Lipinski definition) is 1. The third-order valence-electron chi connectivity index (χ3n) is 3.13. The quantitative estimate of drug-likeness (QED) is 0.722. The van der Waals surface area contributed by atoms with E-state index < -0.39 is 0 Å². The Morgan fingerprint density at radius 1 is 1.60 bits per heavy atom. The molecule has 0 N–H and O–H groups in total. The van der Waals surface area contributed by atoms with Crippen molar-refractivity contribution < 1.29 is 4.79 Å². The Labute approximate surface area is 94.2 Å². The molecule has 1 aliphatic heterocycles. The fourth-order valence-corrected chi connectivity index (χ4v) is 4.29. The Morgan fingerprint density at radius 3 is 3.00 bits per heavy atom. The van der Waals surface area contributed by atoms with Gasteiger partial charge in [-0.2, -0.15) is 0 Å². The molecule has 81 valence electrons. The minimum absolute atomic E-state index is 0.147. The molecule has 2 atom stereocenters. The first-order valence-corrected chi connectivity index (χ1v) is 7.21. The van der Waals surface area contributed by atoms with Gasteiger partial charge in [0.1, 0.15) is 0 Å². The molecule has 0 fully saturated rings. The van der Waals surface area contributed by atoms with Gasteiger partial charge < -0.3 is 0 Å². The number of ketones is 1. The van der Waals surface area contributed by atoms with Crippen molar-refractivity contribution >= 4 is 16.7 Å². The molecule has 0 spiro atoms. The van der Waals surface area contributed by atoms with Gasteiger partial charge in [-0.05, 0) is 42.9 Å². The summed E-state index contributed by atoms with van der Waals surface area (Å²) in [4.78, 5) is 12.1. The minimum Gasteiger partial charge on any atom is -0.293 e. The molecule has 1 heterocycles. The van der Waals surface area contributed by atoms with E-state index in [1.165, 1.54) is 0 Å². The van der Waals surface area contributed by atoms with Gasteiger partial charge in [0.05, 0.1) is 0 Å². The van der Waals surface area contributed by atoms with Crippen molar-refractivity contribution in [2.45, 2.75) is 31.8 Å². The summed E-state index contributed by atoms with van der Waals surface area (Å²) in [5.74, 6) is 2.56. The maximum Gasteiger partial charge on any atom is 0.174 e. The van der Waals surface area contributed by atoms with E-state index in [2.05, 4.69) is 19.9 Å². The number of fused-ring (bicyclic) bond motifs is 1. The van der Waals surface area contributed by atoms with Crippen molar-refractivity contribution in [3.8, 4) is 0 Å². The SMILES string of the molecule is CC[SH]1Cc2[c]cc(C)cc2C(=O)C1C. The van der Waals surface area contributed by atoms with E-state index in [4.69, 9.17) is 0 Å². The minimum atomic E-state index is -0.147. The number of hydrogen-bond donors (Lipinski definition) is 1. The molecule has 0 bridgehead atoms. The van der Waals surface area contributed by atoms with Gasteiger partial charge in [-0.1, -0.05) is 13.0 Å². The van der Waals surface area contributed by atoms with Crippen LogP contribution in [-0.4, -0.2) is 16.8 Å². The molecule has 2 rings (SSSR count). The highest BCUT2D eigenvalue weighted by atomic mass is 32.2. The normalized spacial score (nSPS) is 27.5. The Bertz CT molecular complexity index is 398. The molecule has 1 aromatic rings. The summed E-state index contributed by atoms with van der Waals surface area (Å²) < 4.78 is 0. The maximum absolute atomic E-state index is 12.1. The van der Waals surface area contributed by atoms with Gasteiger partial charge in [0.2, 0.25) is 0 Å². The third kappa shape index (κ3) is 1.83. The van der Waals surface area contributed by atoms with Gasteiger partial charge in [-0.25, -0.2) is 10.9 Å². The van der Waals surface area contributed by atoms with Crippen LogP contribution in [0.3, 0.4) is 0 Å². The van der Waals surface area contributed by atoms with E-state index in [9.17, 15) is 4.79 Å². The van der Waals surface area contributed by atoms with Crippen molar-refractivity contribution in [2.75, 3.05) is 5.75 Å². The van der Waals surface area contributed by atoms with Crippen molar-refractivity contribution in [2.24, 2.45) is 0 Å². The molecule has 2 unspecified atom stereocenters. The highest BCUT2D eigenvalue weighted by molar-refractivity contribution is 8.17. The predicted molar refractivity (Wildman–Crippen MR) is 67.0 cm³/mol. The van der Waals surface area contributed by atoms with E-state index in [0.29, 0.717) is 5.78 Å². The maximum atomic E-state index is 12.1. The lowest BCUT2D eigenvalue weighted by atomic mass is 10.00. The third-order valence-corrected chi connectivity index (χ3v) is 6.00. The summed E-state index contributed by atoms with van der Waals surface area (Å²) in [5.41, 5.74) is 3.21. The van der Waals surface area contributed by atoms with Crippen molar-refractivity contribution in [3.63, 3.8) is 0 Å². The predicted octanol–water partition coefficient (Wildman–Crippen LogP) is 2.90. The van der Waals surface area contributed by atoms with E-state index in [0.717, 1.165) is 28.2 Å². The Morgan fingerprint density at radius 2 is 2.33 bits per heavy atom. The molecule has 1 aliphatic rings. The highest BCUT2D eigenvalue weighted by Crippen LogP contribution is 2.42. The molecule has 0 amide bonds. The number of carbonyl (C=O) groups is 1. The summed E-state index contributed by atoms with van der Waals surface area (Å²) in [6.45, 7) is 6.30. The summed E-state index contributed by atoms with van der Waals surface area (Å²) >= 11 is 0. The van der Waals surface area contributed by atoms with E-state index in [-0.39, 0.29) is 16.1 Å². The average Bonchev–Trinajstić information content (AvgIpc) is 2.24. The number of Topliss-reactive ketones (excluding diaryl/α,β-unsaturated/α-hetero) is 1. The second kappa shape index (κ2) is 4.01. The standard InChI is InChI=1S/C13H17OS/c1-4-15-8-11-6-5-9(2)7-12(11)13(14)10(15)3/h5,7,10,15H,4,8H2,1-3H3. The molecule has 1 radical (unpaired) electrons. The second-order valence-electron chi connectivity index (χ2n) is 4.17. The molecule has 0 aliphatic carbocycles. The van der Waals surface area contributed by atoms with E-state index >= 15 is 0 Å². The number of benzene rings is 1. The Balaban J connectivity index is 2.45. The van der Waals surface area contributed by atoms with Crippen LogP contribution in [0.5, 0.6) is 0 Å². The van der Waals surface area contributed by atoms with Gasteiger partial charge >= 0.3 is 0 Å². The fraction of sp³-hybridized carbons (Fsp3) is 0.462.